The van der Waals surface area contributed by atoms with E-state index >= 15 is 0 Å². The molecule has 0 fully saturated rings. The van der Waals surface area contributed by atoms with Crippen LogP contribution in [0.25, 0.3) is 11.4 Å². The molecule has 1 aliphatic rings. The van der Waals surface area contributed by atoms with Crippen LogP contribution in [-0.2, 0) is 11.8 Å². The van der Waals surface area contributed by atoms with Crippen molar-refractivity contribution >= 4 is 28.3 Å². The molecule has 3 aromatic heterocycles. The van der Waals surface area contributed by atoms with Gasteiger partial charge in [0.25, 0.3) is 5.91 Å². The highest BCUT2D eigenvalue weighted by Crippen LogP contribution is 2.42. The molecule has 0 spiro atoms. The number of H-pyrrole nitrogens is 1. The van der Waals surface area contributed by atoms with Gasteiger partial charge in [0, 0.05) is 24.2 Å². The first-order valence-electron chi connectivity index (χ1n) is 8.25. The summed E-state index contributed by atoms with van der Waals surface area (Å²) in [6.07, 6.45) is 2.56. The van der Waals surface area contributed by atoms with Gasteiger partial charge in [0.05, 0.1) is 11.4 Å². The highest BCUT2D eigenvalue weighted by atomic mass is 32.1. The van der Waals surface area contributed by atoms with Gasteiger partial charge in [0.2, 0.25) is 5.95 Å². The molecule has 134 valence electrons. The van der Waals surface area contributed by atoms with Gasteiger partial charge >= 0.3 is 0 Å². The molecule has 1 aliphatic carbocycles. The molecule has 0 bridgehead atoms. The molecule has 0 saturated carbocycles. The maximum Gasteiger partial charge on any atom is 0.275 e. The number of hydrogen-bond acceptors (Lipinski definition) is 7. The van der Waals surface area contributed by atoms with E-state index in [2.05, 4.69) is 49.6 Å². The molecule has 3 N–H and O–H groups in total. The van der Waals surface area contributed by atoms with E-state index < -0.39 is 0 Å². The predicted octanol–water partition coefficient (Wildman–Crippen LogP) is 2.76. The third-order valence-electron chi connectivity index (χ3n) is 4.45. The summed E-state index contributed by atoms with van der Waals surface area (Å²) in [7, 11) is 1.77. The summed E-state index contributed by atoms with van der Waals surface area (Å²) in [5, 5.41) is 15.6. The molecule has 26 heavy (non-hydrogen) atoms. The number of nitrogens with one attached hydrogen (secondary N) is 3. The Morgan fingerprint density at radius 2 is 2.12 bits per heavy atom. The van der Waals surface area contributed by atoms with Crippen molar-refractivity contribution in [3.63, 3.8) is 0 Å². The summed E-state index contributed by atoms with van der Waals surface area (Å²) < 4.78 is 0. The smallest absolute Gasteiger partial charge is 0.275 e. The Balaban J connectivity index is 1.78. The van der Waals surface area contributed by atoms with Crippen molar-refractivity contribution in [3.8, 4) is 11.4 Å². The van der Waals surface area contributed by atoms with E-state index in [0.29, 0.717) is 22.5 Å². The number of aryl methyl sites for hydroxylation is 1. The van der Waals surface area contributed by atoms with Crippen LogP contribution >= 0.6 is 11.3 Å². The number of aromatic amines is 1. The average Bonchev–Trinajstić information content (AvgIpc) is 3.21. The van der Waals surface area contributed by atoms with Crippen molar-refractivity contribution in [1.29, 1.82) is 0 Å². The number of carbonyl (C=O) groups is 1. The van der Waals surface area contributed by atoms with Gasteiger partial charge < -0.3 is 5.32 Å². The topological polar surface area (TPSA) is 108 Å². The third-order valence-corrected chi connectivity index (χ3v) is 5.33. The van der Waals surface area contributed by atoms with Crippen molar-refractivity contribution in [3.05, 3.63) is 34.1 Å². The molecule has 3 aromatic rings. The Hall–Kier alpha value is -2.81. The van der Waals surface area contributed by atoms with Crippen LogP contribution < -0.4 is 10.6 Å². The van der Waals surface area contributed by atoms with Crippen LogP contribution in [0.5, 0.6) is 0 Å². The second-order valence-corrected chi connectivity index (χ2v) is 7.81. The van der Waals surface area contributed by atoms with E-state index in [9.17, 15) is 4.79 Å². The van der Waals surface area contributed by atoms with Gasteiger partial charge in [-0.05, 0) is 24.3 Å². The highest BCUT2D eigenvalue weighted by Gasteiger charge is 2.38. The van der Waals surface area contributed by atoms with Crippen LogP contribution in [0.15, 0.2) is 11.6 Å². The van der Waals surface area contributed by atoms with E-state index in [1.54, 1.807) is 7.05 Å². The largest absolute Gasteiger partial charge is 0.357 e. The van der Waals surface area contributed by atoms with Gasteiger partial charge in [-0.2, -0.15) is 5.10 Å². The fraction of sp³-hybridized carbons (Fsp3) is 0.353. The molecule has 0 saturated heterocycles. The maximum absolute atomic E-state index is 12.8. The van der Waals surface area contributed by atoms with Gasteiger partial charge in [-0.1, -0.05) is 13.8 Å². The normalized spacial score (nSPS) is 14.5. The summed E-state index contributed by atoms with van der Waals surface area (Å²) >= 11 is 1.40. The SMILES string of the molecule is CNc1ncc2c(n1)-c1n[nH]c(C(=O)Nc3nc(C)cs3)c1C(C)(C)C2. The second kappa shape index (κ2) is 5.87. The van der Waals surface area contributed by atoms with E-state index in [1.807, 2.05) is 18.5 Å². The number of carbonyl (C=O) groups excluding carboxylic acids is 1. The van der Waals surface area contributed by atoms with Crippen molar-refractivity contribution in [2.75, 3.05) is 17.7 Å². The summed E-state index contributed by atoms with van der Waals surface area (Å²) in [6.45, 7) is 6.09. The lowest BCUT2D eigenvalue weighted by Gasteiger charge is -2.30. The lowest BCUT2D eigenvalue weighted by Crippen LogP contribution is -2.29. The molecule has 8 nitrogen and oxygen atoms in total. The number of fused-ring (bicyclic) bond motifs is 3. The Morgan fingerprint density at radius 1 is 1.31 bits per heavy atom. The van der Waals surface area contributed by atoms with Crippen molar-refractivity contribution < 1.29 is 4.79 Å². The Labute approximate surface area is 154 Å². The lowest BCUT2D eigenvalue weighted by atomic mass is 9.73. The first-order valence-corrected chi connectivity index (χ1v) is 9.13. The number of hydrogen-bond donors (Lipinski definition) is 3. The molecule has 1 amide bonds. The number of thiazole rings is 1. The van der Waals surface area contributed by atoms with Crippen LogP contribution in [-0.4, -0.2) is 38.1 Å². The molecule has 0 aromatic carbocycles. The summed E-state index contributed by atoms with van der Waals surface area (Å²) in [6, 6.07) is 0. The van der Waals surface area contributed by atoms with E-state index in [4.69, 9.17) is 0 Å². The standard InChI is InChI=1S/C17H19N7OS/c1-8-7-26-16(20-8)22-14(25)13-10-12(23-24-13)11-9(5-17(10,2)3)6-19-15(18-4)21-11/h6-7H,5H2,1-4H3,(H,23,24)(H,18,19,21)(H,20,22,25). The second-order valence-electron chi connectivity index (χ2n) is 6.95. The monoisotopic (exact) mass is 369 g/mol. The number of rotatable bonds is 3. The van der Waals surface area contributed by atoms with Gasteiger partial charge in [-0.15, -0.1) is 11.3 Å². The maximum atomic E-state index is 12.8. The summed E-state index contributed by atoms with van der Waals surface area (Å²) in [4.78, 5) is 26.0. The summed E-state index contributed by atoms with van der Waals surface area (Å²) in [5.74, 6) is 0.286. The molecular weight excluding hydrogens is 350 g/mol. The molecular formula is C17H19N7OS. The van der Waals surface area contributed by atoms with E-state index in [0.717, 1.165) is 28.9 Å². The Morgan fingerprint density at radius 3 is 2.81 bits per heavy atom. The van der Waals surface area contributed by atoms with Gasteiger partial charge in [-0.25, -0.2) is 15.0 Å². The number of anilines is 2. The first-order chi connectivity index (χ1) is 12.4. The number of nitrogens with zero attached hydrogens (tertiary/aromatic N) is 4. The molecule has 3 heterocycles. The van der Waals surface area contributed by atoms with Crippen LogP contribution in [0.1, 0.15) is 41.2 Å². The molecule has 9 heteroatoms. The molecule has 0 aliphatic heterocycles. The van der Waals surface area contributed by atoms with Crippen LogP contribution in [0.3, 0.4) is 0 Å². The van der Waals surface area contributed by atoms with Crippen molar-refractivity contribution in [2.45, 2.75) is 32.6 Å². The number of aromatic nitrogens is 5. The molecule has 0 radical (unpaired) electrons. The van der Waals surface area contributed by atoms with Crippen LogP contribution in [0.4, 0.5) is 11.1 Å². The fourth-order valence-corrected chi connectivity index (χ4v) is 4.02. The molecule has 0 atom stereocenters. The Bertz CT molecular complexity index is 1000. The molecule has 0 unspecified atom stereocenters. The van der Waals surface area contributed by atoms with Gasteiger partial charge in [0.1, 0.15) is 11.4 Å². The summed E-state index contributed by atoms with van der Waals surface area (Å²) in [5.41, 5.74) is 4.42. The van der Waals surface area contributed by atoms with Crippen LogP contribution in [0.2, 0.25) is 0 Å². The first kappa shape index (κ1) is 16.6. The highest BCUT2D eigenvalue weighted by molar-refractivity contribution is 7.13. The Kier molecular flexibility index (Phi) is 3.76. The zero-order chi connectivity index (χ0) is 18.5. The zero-order valence-corrected chi connectivity index (χ0v) is 15.8. The zero-order valence-electron chi connectivity index (χ0n) is 15.0. The van der Waals surface area contributed by atoms with Crippen molar-refractivity contribution in [2.24, 2.45) is 0 Å². The minimum absolute atomic E-state index is 0.243. The quantitative estimate of drug-likeness (QED) is 0.655. The predicted molar refractivity (Wildman–Crippen MR) is 101 cm³/mol. The van der Waals surface area contributed by atoms with Crippen molar-refractivity contribution in [1.82, 2.24) is 25.1 Å². The fourth-order valence-electron chi connectivity index (χ4n) is 3.33. The van der Waals surface area contributed by atoms with Gasteiger partial charge in [0.15, 0.2) is 5.13 Å². The third kappa shape index (κ3) is 2.64. The van der Waals surface area contributed by atoms with E-state index in [1.165, 1.54) is 11.3 Å². The van der Waals surface area contributed by atoms with Gasteiger partial charge in [-0.3, -0.25) is 15.2 Å². The van der Waals surface area contributed by atoms with Crippen LogP contribution in [0, 0.1) is 6.92 Å². The number of amides is 1. The molecule has 4 rings (SSSR count). The van der Waals surface area contributed by atoms with E-state index in [-0.39, 0.29) is 11.3 Å². The average molecular weight is 369 g/mol. The lowest BCUT2D eigenvalue weighted by molar-refractivity contribution is 0.102. The minimum Gasteiger partial charge on any atom is -0.357 e. The minimum atomic E-state index is -0.272.